The highest BCUT2D eigenvalue weighted by Gasteiger charge is 2.29. The van der Waals surface area contributed by atoms with Crippen molar-refractivity contribution in [3.8, 4) is 0 Å². The Morgan fingerprint density at radius 2 is 2.16 bits per heavy atom. The third kappa shape index (κ3) is 4.88. The Bertz CT molecular complexity index is 380. The third-order valence-corrected chi connectivity index (χ3v) is 4.09. The molecule has 1 aliphatic rings. The van der Waals surface area contributed by atoms with E-state index in [1.807, 2.05) is 0 Å². The molecule has 0 bridgehead atoms. The molecule has 1 fully saturated rings. The third-order valence-electron chi connectivity index (χ3n) is 3.59. The fraction of sp³-hybridized carbons (Fsp3) is 0.600. The molecule has 1 aromatic carbocycles. The summed E-state index contributed by atoms with van der Waals surface area (Å²) in [5.74, 6) is 0.709. The Balaban J connectivity index is 1.56. The number of hydrogen-bond donors (Lipinski definition) is 2. The van der Waals surface area contributed by atoms with Gasteiger partial charge in [-0.3, -0.25) is 0 Å². The summed E-state index contributed by atoms with van der Waals surface area (Å²) in [5.41, 5.74) is 1.44. The van der Waals surface area contributed by atoms with E-state index < -0.39 is 0 Å². The monoisotopic (exact) mass is 327 g/mol. The molecular formula is C15H22BrNO2. The molecule has 0 amide bonds. The highest BCUT2D eigenvalue weighted by molar-refractivity contribution is 9.10. The lowest BCUT2D eigenvalue weighted by molar-refractivity contribution is 0.0897. The minimum atomic E-state index is 0.115. The van der Waals surface area contributed by atoms with Crippen molar-refractivity contribution in [2.45, 2.75) is 31.2 Å². The minimum Gasteiger partial charge on any atom is -0.394 e. The average Bonchev–Trinajstić information content (AvgIpc) is 2.35. The van der Waals surface area contributed by atoms with Crippen LogP contribution in [0.1, 0.15) is 30.7 Å². The quantitative estimate of drug-likeness (QED) is 0.721. The van der Waals surface area contributed by atoms with Crippen LogP contribution in [0.5, 0.6) is 0 Å². The summed E-state index contributed by atoms with van der Waals surface area (Å²) in [7, 11) is 0. The summed E-state index contributed by atoms with van der Waals surface area (Å²) in [6, 6.07) is 9.28. The van der Waals surface area contributed by atoms with Crippen LogP contribution < -0.4 is 5.32 Å². The number of aliphatic hydroxyl groups excluding tert-OH is 1. The van der Waals surface area contributed by atoms with Gasteiger partial charge in [0.1, 0.15) is 0 Å². The minimum absolute atomic E-state index is 0.115. The van der Waals surface area contributed by atoms with Crippen LogP contribution in [0.25, 0.3) is 0 Å². The van der Waals surface area contributed by atoms with Crippen LogP contribution in [0.2, 0.25) is 0 Å². The molecule has 0 saturated heterocycles. The number of benzene rings is 1. The molecule has 0 aromatic heterocycles. The Hall–Kier alpha value is -0.420. The number of nitrogens with one attached hydrogen (secondary N) is 1. The molecule has 3 nitrogen and oxygen atoms in total. The van der Waals surface area contributed by atoms with E-state index in [1.54, 1.807) is 0 Å². The van der Waals surface area contributed by atoms with Crippen LogP contribution in [0, 0.1) is 0 Å². The standard InChI is InChI=1S/C15H22BrNO2/c16-14-4-1-3-12(9-14)13-10-15(11-13)17-5-2-7-19-8-6-18/h1,3-4,9,13,15,17-18H,2,5-8,10-11H2. The fourth-order valence-electron chi connectivity index (χ4n) is 2.46. The molecule has 19 heavy (non-hydrogen) atoms. The molecule has 4 heteroatoms. The van der Waals surface area contributed by atoms with Gasteiger partial charge in [-0.15, -0.1) is 0 Å². The predicted octanol–water partition coefficient (Wildman–Crippen LogP) is 2.68. The van der Waals surface area contributed by atoms with E-state index in [0.717, 1.165) is 19.6 Å². The van der Waals surface area contributed by atoms with Gasteiger partial charge >= 0.3 is 0 Å². The van der Waals surface area contributed by atoms with Gasteiger partial charge in [-0.2, -0.15) is 0 Å². The number of aliphatic hydroxyl groups is 1. The van der Waals surface area contributed by atoms with Crippen LogP contribution in [0.3, 0.4) is 0 Å². The Morgan fingerprint density at radius 1 is 1.32 bits per heavy atom. The molecule has 2 N–H and O–H groups in total. The van der Waals surface area contributed by atoms with E-state index in [1.165, 1.54) is 22.9 Å². The number of ether oxygens (including phenoxy) is 1. The lowest BCUT2D eigenvalue weighted by atomic mass is 9.76. The second kappa shape index (κ2) is 8.00. The van der Waals surface area contributed by atoms with Gasteiger partial charge in [0, 0.05) is 17.1 Å². The molecule has 0 atom stereocenters. The van der Waals surface area contributed by atoms with Crippen molar-refractivity contribution >= 4 is 15.9 Å². The molecule has 1 aromatic rings. The van der Waals surface area contributed by atoms with Crippen LogP contribution >= 0.6 is 15.9 Å². The average molecular weight is 328 g/mol. The van der Waals surface area contributed by atoms with Gasteiger partial charge in [0.2, 0.25) is 0 Å². The van der Waals surface area contributed by atoms with E-state index in [0.29, 0.717) is 18.6 Å². The zero-order valence-corrected chi connectivity index (χ0v) is 12.7. The van der Waals surface area contributed by atoms with E-state index in [-0.39, 0.29) is 6.61 Å². The van der Waals surface area contributed by atoms with Crippen molar-refractivity contribution in [3.05, 3.63) is 34.3 Å². The first-order valence-electron chi connectivity index (χ1n) is 6.97. The molecule has 2 rings (SSSR count). The number of rotatable bonds is 8. The first-order chi connectivity index (χ1) is 9.29. The summed E-state index contributed by atoms with van der Waals surface area (Å²) in [5, 5.41) is 12.1. The van der Waals surface area contributed by atoms with Crippen molar-refractivity contribution in [2.24, 2.45) is 0 Å². The van der Waals surface area contributed by atoms with Crippen molar-refractivity contribution in [1.82, 2.24) is 5.32 Å². The highest BCUT2D eigenvalue weighted by Crippen LogP contribution is 2.37. The maximum Gasteiger partial charge on any atom is 0.0697 e. The smallest absolute Gasteiger partial charge is 0.0697 e. The molecule has 106 valence electrons. The molecule has 0 heterocycles. The molecule has 0 aliphatic heterocycles. The SMILES string of the molecule is OCCOCCCNC1CC(c2cccc(Br)c2)C1. The Morgan fingerprint density at radius 3 is 2.89 bits per heavy atom. The second-order valence-electron chi connectivity index (χ2n) is 5.06. The summed E-state index contributed by atoms with van der Waals surface area (Å²) >= 11 is 3.52. The van der Waals surface area contributed by atoms with Gasteiger partial charge < -0.3 is 15.2 Å². The Kier molecular flexibility index (Phi) is 6.31. The summed E-state index contributed by atoms with van der Waals surface area (Å²) in [4.78, 5) is 0. The predicted molar refractivity (Wildman–Crippen MR) is 80.4 cm³/mol. The maximum absolute atomic E-state index is 8.57. The van der Waals surface area contributed by atoms with E-state index in [9.17, 15) is 0 Å². The van der Waals surface area contributed by atoms with Gasteiger partial charge in [-0.1, -0.05) is 28.1 Å². The van der Waals surface area contributed by atoms with E-state index >= 15 is 0 Å². The first-order valence-corrected chi connectivity index (χ1v) is 7.76. The lowest BCUT2D eigenvalue weighted by Gasteiger charge is -2.36. The molecule has 1 aliphatic carbocycles. The number of hydrogen-bond acceptors (Lipinski definition) is 3. The van der Waals surface area contributed by atoms with Crippen LogP contribution in [-0.4, -0.2) is 37.5 Å². The summed E-state index contributed by atoms with van der Waals surface area (Å²) in [6.45, 7) is 2.30. The van der Waals surface area contributed by atoms with Crippen molar-refractivity contribution in [2.75, 3.05) is 26.4 Å². The second-order valence-corrected chi connectivity index (χ2v) is 5.98. The first kappa shape index (κ1) is 15.0. The largest absolute Gasteiger partial charge is 0.394 e. The highest BCUT2D eigenvalue weighted by atomic mass is 79.9. The van der Waals surface area contributed by atoms with Gasteiger partial charge in [-0.25, -0.2) is 0 Å². The van der Waals surface area contributed by atoms with Crippen molar-refractivity contribution < 1.29 is 9.84 Å². The lowest BCUT2D eigenvalue weighted by Crippen LogP contribution is -2.40. The molecule has 0 spiro atoms. The molecular weight excluding hydrogens is 306 g/mol. The van der Waals surface area contributed by atoms with Gasteiger partial charge in [0.05, 0.1) is 13.2 Å². The maximum atomic E-state index is 8.57. The Labute approximate surface area is 123 Å². The zero-order chi connectivity index (χ0) is 13.5. The van der Waals surface area contributed by atoms with E-state index in [4.69, 9.17) is 9.84 Å². The van der Waals surface area contributed by atoms with Crippen LogP contribution in [0.15, 0.2) is 28.7 Å². The molecule has 0 unspecified atom stereocenters. The van der Waals surface area contributed by atoms with Crippen LogP contribution in [0.4, 0.5) is 0 Å². The van der Waals surface area contributed by atoms with Crippen molar-refractivity contribution in [3.63, 3.8) is 0 Å². The van der Waals surface area contributed by atoms with E-state index in [2.05, 4.69) is 45.5 Å². The van der Waals surface area contributed by atoms with Gasteiger partial charge in [-0.05, 0) is 49.4 Å². The molecule has 0 radical (unpaired) electrons. The molecule has 1 saturated carbocycles. The fourth-order valence-corrected chi connectivity index (χ4v) is 2.88. The van der Waals surface area contributed by atoms with Gasteiger partial charge in [0.25, 0.3) is 0 Å². The number of halogens is 1. The van der Waals surface area contributed by atoms with Gasteiger partial charge in [0.15, 0.2) is 0 Å². The topological polar surface area (TPSA) is 41.5 Å². The zero-order valence-electron chi connectivity index (χ0n) is 11.1. The summed E-state index contributed by atoms with van der Waals surface area (Å²) < 4.78 is 6.39. The van der Waals surface area contributed by atoms with Crippen molar-refractivity contribution in [1.29, 1.82) is 0 Å². The summed E-state index contributed by atoms with van der Waals surface area (Å²) in [6.07, 6.45) is 3.47. The van der Waals surface area contributed by atoms with Crippen LogP contribution in [-0.2, 0) is 4.74 Å². The normalized spacial score (nSPS) is 22.2.